The molecule has 0 saturated carbocycles. The van der Waals surface area contributed by atoms with Crippen LogP contribution in [0, 0.1) is 0 Å². The van der Waals surface area contributed by atoms with Crippen molar-refractivity contribution in [1.82, 2.24) is 4.90 Å². The largest absolute Gasteiger partial charge is 0.497 e. The van der Waals surface area contributed by atoms with E-state index in [4.69, 9.17) is 18.9 Å². The maximum absolute atomic E-state index is 13.7. The van der Waals surface area contributed by atoms with Crippen molar-refractivity contribution in [2.45, 2.75) is 19.0 Å². The third-order valence-electron chi connectivity index (χ3n) is 6.43. The molecule has 3 amide bonds. The van der Waals surface area contributed by atoms with Gasteiger partial charge in [0.2, 0.25) is 12.7 Å². The van der Waals surface area contributed by atoms with E-state index < -0.39 is 29.7 Å². The van der Waals surface area contributed by atoms with E-state index in [0.717, 1.165) is 4.90 Å². The van der Waals surface area contributed by atoms with E-state index in [2.05, 4.69) is 0 Å². The second-order valence-corrected chi connectivity index (χ2v) is 8.67. The number of methoxy groups -OCH3 is 2. The molecule has 0 N–H and O–H groups in total. The number of hydrogen-bond acceptors (Lipinski definition) is 8. The zero-order valence-corrected chi connectivity index (χ0v) is 20.7. The highest BCUT2D eigenvalue weighted by molar-refractivity contribution is 6.23. The molecular weight excluding hydrogens is 492 g/mol. The standard InChI is InChI=1S/C28H24N2O8/c1-35-21-10-6-18(7-11-21)26(32)29(15-17-3-12-23-24(13-17)38-16-37-23)22-14-25(31)30(27(22)33)20-8-4-19(5-9-20)28(34)36-2/h3-13,22H,14-16H2,1-2H3. The number of imide groups is 1. The average molecular weight is 517 g/mol. The summed E-state index contributed by atoms with van der Waals surface area (Å²) in [5, 5.41) is 0. The Bertz CT molecular complexity index is 1400. The van der Waals surface area contributed by atoms with E-state index in [9.17, 15) is 19.2 Å². The maximum atomic E-state index is 13.7. The molecule has 10 heteroatoms. The molecule has 1 fully saturated rings. The van der Waals surface area contributed by atoms with Gasteiger partial charge in [0.25, 0.3) is 11.8 Å². The van der Waals surface area contributed by atoms with E-state index in [-0.39, 0.29) is 25.3 Å². The number of carbonyl (C=O) groups excluding carboxylic acids is 4. The maximum Gasteiger partial charge on any atom is 0.337 e. The Kier molecular flexibility index (Phi) is 6.69. The summed E-state index contributed by atoms with van der Waals surface area (Å²) < 4.78 is 20.7. The zero-order valence-electron chi connectivity index (χ0n) is 20.7. The van der Waals surface area contributed by atoms with Gasteiger partial charge in [0.15, 0.2) is 11.5 Å². The third-order valence-corrected chi connectivity index (χ3v) is 6.43. The summed E-state index contributed by atoms with van der Waals surface area (Å²) in [6.07, 6.45) is -0.190. The van der Waals surface area contributed by atoms with Crippen molar-refractivity contribution in [2.24, 2.45) is 0 Å². The Morgan fingerprint density at radius 3 is 2.29 bits per heavy atom. The van der Waals surface area contributed by atoms with Crippen LogP contribution >= 0.6 is 0 Å². The topological polar surface area (TPSA) is 112 Å². The van der Waals surface area contributed by atoms with Crippen LogP contribution in [0.25, 0.3) is 0 Å². The van der Waals surface area contributed by atoms with Gasteiger partial charge < -0.3 is 23.8 Å². The number of fused-ring (bicyclic) bond motifs is 1. The van der Waals surface area contributed by atoms with Crippen LogP contribution in [-0.2, 0) is 20.9 Å². The van der Waals surface area contributed by atoms with Gasteiger partial charge in [-0.05, 0) is 66.2 Å². The lowest BCUT2D eigenvalue weighted by molar-refractivity contribution is -0.122. The van der Waals surface area contributed by atoms with Crippen LogP contribution in [0.2, 0.25) is 0 Å². The first-order valence-corrected chi connectivity index (χ1v) is 11.8. The molecule has 194 valence electrons. The molecule has 5 rings (SSSR count). The molecule has 2 aliphatic heterocycles. The lowest BCUT2D eigenvalue weighted by atomic mass is 10.1. The van der Waals surface area contributed by atoms with Crippen LogP contribution in [0.3, 0.4) is 0 Å². The number of rotatable bonds is 7. The lowest BCUT2D eigenvalue weighted by Crippen LogP contribution is -2.45. The molecule has 3 aromatic rings. The Morgan fingerprint density at radius 2 is 1.61 bits per heavy atom. The van der Waals surface area contributed by atoms with Crippen LogP contribution in [0.1, 0.15) is 32.7 Å². The minimum absolute atomic E-state index is 0.0559. The van der Waals surface area contributed by atoms with Gasteiger partial charge in [-0.1, -0.05) is 6.07 Å². The minimum atomic E-state index is -1.04. The van der Waals surface area contributed by atoms with Crippen LogP contribution in [0.15, 0.2) is 66.7 Å². The normalized spacial score (nSPS) is 15.9. The minimum Gasteiger partial charge on any atom is -0.497 e. The first-order valence-electron chi connectivity index (χ1n) is 11.8. The molecule has 1 saturated heterocycles. The van der Waals surface area contributed by atoms with Gasteiger partial charge in [-0.2, -0.15) is 0 Å². The van der Waals surface area contributed by atoms with Crippen molar-refractivity contribution in [2.75, 3.05) is 25.9 Å². The summed E-state index contributed by atoms with van der Waals surface area (Å²) in [6.45, 7) is 0.160. The highest BCUT2D eigenvalue weighted by Crippen LogP contribution is 2.34. The molecular formula is C28H24N2O8. The summed E-state index contributed by atoms with van der Waals surface area (Å²) in [6, 6.07) is 16.7. The van der Waals surface area contributed by atoms with Crippen molar-refractivity contribution in [3.63, 3.8) is 0 Å². The van der Waals surface area contributed by atoms with Gasteiger partial charge >= 0.3 is 5.97 Å². The van der Waals surface area contributed by atoms with Gasteiger partial charge in [-0.15, -0.1) is 0 Å². The monoisotopic (exact) mass is 516 g/mol. The number of nitrogens with zero attached hydrogens (tertiary/aromatic N) is 2. The molecule has 38 heavy (non-hydrogen) atoms. The van der Waals surface area contributed by atoms with Gasteiger partial charge in [0, 0.05) is 12.1 Å². The van der Waals surface area contributed by atoms with Gasteiger partial charge in [0.05, 0.1) is 31.9 Å². The average Bonchev–Trinajstić information content (AvgIpc) is 3.54. The zero-order chi connectivity index (χ0) is 26.8. The molecule has 1 unspecified atom stereocenters. The summed E-state index contributed by atoms with van der Waals surface area (Å²) in [5.74, 6) is -0.228. The lowest BCUT2D eigenvalue weighted by Gasteiger charge is -2.28. The Balaban J connectivity index is 1.46. The SMILES string of the molecule is COC(=O)c1ccc(N2C(=O)CC(N(Cc3ccc4c(c3)OCO4)C(=O)c3ccc(OC)cc3)C2=O)cc1. The second kappa shape index (κ2) is 10.3. The third kappa shape index (κ3) is 4.63. The Morgan fingerprint density at radius 1 is 0.921 bits per heavy atom. The number of ether oxygens (including phenoxy) is 4. The quantitative estimate of drug-likeness (QED) is 0.348. The van der Waals surface area contributed by atoms with Gasteiger partial charge in [-0.3, -0.25) is 14.4 Å². The number of hydrogen-bond donors (Lipinski definition) is 0. The smallest absolute Gasteiger partial charge is 0.337 e. The van der Waals surface area contributed by atoms with Crippen molar-refractivity contribution < 1.29 is 38.1 Å². The highest BCUT2D eigenvalue weighted by Gasteiger charge is 2.44. The molecule has 0 bridgehead atoms. The molecule has 0 aromatic heterocycles. The second-order valence-electron chi connectivity index (χ2n) is 8.67. The summed E-state index contributed by atoms with van der Waals surface area (Å²) in [7, 11) is 2.79. The fourth-order valence-electron chi connectivity index (χ4n) is 4.45. The van der Waals surface area contributed by atoms with E-state index >= 15 is 0 Å². The number of amides is 3. The Labute approximate surface area is 218 Å². The first-order chi connectivity index (χ1) is 18.4. The summed E-state index contributed by atoms with van der Waals surface area (Å²) >= 11 is 0. The molecule has 0 radical (unpaired) electrons. The molecule has 0 aliphatic carbocycles. The number of anilines is 1. The predicted octanol–water partition coefficient (Wildman–Crippen LogP) is 3.19. The first kappa shape index (κ1) is 24.8. The molecule has 2 heterocycles. The summed E-state index contributed by atoms with van der Waals surface area (Å²) in [5.41, 5.74) is 1.63. The van der Waals surface area contributed by atoms with E-state index in [1.165, 1.54) is 43.4 Å². The van der Waals surface area contributed by atoms with Gasteiger partial charge in [0.1, 0.15) is 11.8 Å². The van der Waals surface area contributed by atoms with Crippen molar-refractivity contribution >= 4 is 29.4 Å². The van der Waals surface area contributed by atoms with Crippen LogP contribution in [0.4, 0.5) is 5.69 Å². The molecule has 10 nitrogen and oxygen atoms in total. The van der Waals surface area contributed by atoms with Crippen LogP contribution in [-0.4, -0.2) is 55.6 Å². The van der Waals surface area contributed by atoms with E-state index in [1.54, 1.807) is 42.5 Å². The number of carbonyl (C=O) groups is 4. The molecule has 3 aromatic carbocycles. The molecule has 2 aliphatic rings. The predicted molar refractivity (Wildman–Crippen MR) is 134 cm³/mol. The van der Waals surface area contributed by atoms with Crippen molar-refractivity contribution in [3.05, 3.63) is 83.4 Å². The molecule has 1 atom stereocenters. The number of benzene rings is 3. The van der Waals surface area contributed by atoms with Crippen LogP contribution < -0.4 is 19.1 Å². The van der Waals surface area contributed by atoms with Crippen molar-refractivity contribution in [1.29, 1.82) is 0 Å². The van der Waals surface area contributed by atoms with Crippen molar-refractivity contribution in [3.8, 4) is 17.2 Å². The Hall–Kier alpha value is -4.86. The van der Waals surface area contributed by atoms with E-state index in [0.29, 0.717) is 34.1 Å². The van der Waals surface area contributed by atoms with E-state index in [1.807, 2.05) is 0 Å². The highest BCUT2D eigenvalue weighted by atomic mass is 16.7. The van der Waals surface area contributed by atoms with Gasteiger partial charge in [-0.25, -0.2) is 9.69 Å². The van der Waals surface area contributed by atoms with Crippen LogP contribution in [0.5, 0.6) is 17.2 Å². The fraction of sp³-hybridized carbons (Fsp3) is 0.214. The fourth-order valence-corrected chi connectivity index (χ4v) is 4.45. The number of esters is 1. The molecule has 0 spiro atoms. The summed E-state index contributed by atoms with van der Waals surface area (Å²) in [4.78, 5) is 54.6.